The molecular formula is C16H13N5O. The number of aryl methyl sites for hydroxylation is 1. The summed E-state index contributed by atoms with van der Waals surface area (Å²) in [5, 5.41) is 29.6. The number of hydrogen-bond acceptors (Lipinski definition) is 5. The van der Waals surface area contributed by atoms with Gasteiger partial charge < -0.3 is 10.2 Å². The lowest BCUT2D eigenvalue weighted by atomic mass is 10.1. The average molecular weight is 291 g/mol. The fourth-order valence-electron chi connectivity index (χ4n) is 2.25. The first-order valence-corrected chi connectivity index (χ1v) is 6.73. The van der Waals surface area contributed by atoms with E-state index >= 15 is 0 Å². The highest BCUT2D eigenvalue weighted by atomic mass is 16.2. The van der Waals surface area contributed by atoms with Gasteiger partial charge in [0.1, 0.15) is 23.9 Å². The van der Waals surface area contributed by atoms with Crippen LogP contribution < -0.4 is 10.2 Å². The van der Waals surface area contributed by atoms with Gasteiger partial charge in [0.15, 0.2) is 5.57 Å². The fourth-order valence-corrected chi connectivity index (χ4v) is 2.25. The molecule has 1 heterocycles. The van der Waals surface area contributed by atoms with Gasteiger partial charge in [-0.3, -0.25) is 4.79 Å². The van der Waals surface area contributed by atoms with Crippen LogP contribution in [0.3, 0.4) is 0 Å². The first-order chi connectivity index (χ1) is 10.6. The zero-order valence-electron chi connectivity index (χ0n) is 12.1. The normalized spacial score (nSPS) is 13.0. The highest BCUT2D eigenvalue weighted by Crippen LogP contribution is 2.27. The van der Waals surface area contributed by atoms with Crippen molar-refractivity contribution in [2.75, 3.05) is 16.8 Å². The Kier molecular flexibility index (Phi) is 4.41. The molecule has 1 aliphatic heterocycles. The van der Waals surface area contributed by atoms with E-state index in [2.05, 4.69) is 5.32 Å². The van der Waals surface area contributed by atoms with Gasteiger partial charge in [0.2, 0.25) is 5.91 Å². The molecule has 1 aliphatic rings. The molecule has 1 saturated heterocycles. The number of rotatable bonds is 3. The molecule has 0 aromatic heterocycles. The molecule has 6 nitrogen and oxygen atoms in total. The Morgan fingerprint density at radius 2 is 1.95 bits per heavy atom. The molecule has 0 spiro atoms. The SMILES string of the molecule is Cc1ccc(N2CCCC2=O)cc1NC(C#N)=C(C#N)C#N. The minimum Gasteiger partial charge on any atom is -0.345 e. The summed E-state index contributed by atoms with van der Waals surface area (Å²) in [7, 11) is 0. The number of nitriles is 3. The highest BCUT2D eigenvalue weighted by Gasteiger charge is 2.22. The van der Waals surface area contributed by atoms with E-state index in [-0.39, 0.29) is 17.2 Å². The van der Waals surface area contributed by atoms with Crippen LogP contribution in [0.2, 0.25) is 0 Å². The van der Waals surface area contributed by atoms with Gasteiger partial charge in [-0.15, -0.1) is 0 Å². The standard InChI is InChI=1S/C16H13N5O/c1-11-4-5-13(21-6-2-3-16(21)22)7-14(11)20-15(10-19)12(8-17)9-18/h4-5,7,20H,2-3,6H2,1H3. The van der Waals surface area contributed by atoms with E-state index in [1.165, 1.54) is 0 Å². The van der Waals surface area contributed by atoms with Crippen molar-refractivity contribution in [3.8, 4) is 18.2 Å². The van der Waals surface area contributed by atoms with Crippen molar-refractivity contribution in [3.63, 3.8) is 0 Å². The largest absolute Gasteiger partial charge is 0.345 e. The third-order valence-corrected chi connectivity index (χ3v) is 3.45. The molecule has 1 fully saturated rings. The lowest BCUT2D eigenvalue weighted by molar-refractivity contribution is -0.117. The van der Waals surface area contributed by atoms with Crippen molar-refractivity contribution in [2.24, 2.45) is 0 Å². The van der Waals surface area contributed by atoms with Crippen LogP contribution in [-0.4, -0.2) is 12.5 Å². The minimum atomic E-state index is -0.274. The third kappa shape index (κ3) is 2.90. The van der Waals surface area contributed by atoms with Crippen LogP contribution in [0.5, 0.6) is 0 Å². The lowest BCUT2D eigenvalue weighted by Crippen LogP contribution is -2.23. The Bertz CT molecular complexity index is 757. The van der Waals surface area contributed by atoms with E-state index in [4.69, 9.17) is 15.8 Å². The second-order valence-corrected chi connectivity index (χ2v) is 4.86. The molecule has 0 aliphatic carbocycles. The quantitative estimate of drug-likeness (QED) is 0.861. The van der Waals surface area contributed by atoms with Gasteiger partial charge in [-0.2, -0.15) is 15.8 Å². The summed E-state index contributed by atoms with van der Waals surface area (Å²) in [6, 6.07) is 10.6. The molecule has 0 atom stereocenters. The molecule has 1 amide bonds. The van der Waals surface area contributed by atoms with Crippen molar-refractivity contribution >= 4 is 17.3 Å². The van der Waals surface area contributed by atoms with Gasteiger partial charge in [-0.1, -0.05) is 6.07 Å². The summed E-state index contributed by atoms with van der Waals surface area (Å²) in [6.07, 6.45) is 1.36. The molecule has 1 aromatic carbocycles. The van der Waals surface area contributed by atoms with Gasteiger partial charge in [0.25, 0.3) is 0 Å². The van der Waals surface area contributed by atoms with E-state index in [1.54, 1.807) is 23.1 Å². The van der Waals surface area contributed by atoms with Crippen molar-refractivity contribution in [2.45, 2.75) is 19.8 Å². The van der Waals surface area contributed by atoms with E-state index in [0.717, 1.165) is 17.7 Å². The fraction of sp³-hybridized carbons (Fsp3) is 0.250. The van der Waals surface area contributed by atoms with Crippen LogP contribution in [0.15, 0.2) is 29.5 Å². The van der Waals surface area contributed by atoms with Crippen LogP contribution in [-0.2, 0) is 4.79 Å². The number of amides is 1. The van der Waals surface area contributed by atoms with Crippen LogP contribution >= 0.6 is 0 Å². The summed E-state index contributed by atoms with van der Waals surface area (Å²) >= 11 is 0. The summed E-state index contributed by atoms with van der Waals surface area (Å²) in [5.74, 6) is 0.0700. The molecule has 1 aromatic rings. The maximum absolute atomic E-state index is 11.8. The van der Waals surface area contributed by atoms with Gasteiger partial charge in [-0.25, -0.2) is 0 Å². The average Bonchev–Trinajstić information content (AvgIpc) is 2.95. The number of allylic oxidation sites excluding steroid dienone is 2. The maximum Gasteiger partial charge on any atom is 0.227 e. The molecule has 0 radical (unpaired) electrons. The van der Waals surface area contributed by atoms with E-state index in [9.17, 15) is 4.79 Å². The van der Waals surface area contributed by atoms with E-state index in [0.29, 0.717) is 18.7 Å². The van der Waals surface area contributed by atoms with Gasteiger partial charge in [0.05, 0.1) is 0 Å². The molecule has 0 unspecified atom stereocenters. The van der Waals surface area contributed by atoms with Crippen molar-refractivity contribution in [1.82, 2.24) is 0 Å². The van der Waals surface area contributed by atoms with Crippen LogP contribution in [0.1, 0.15) is 18.4 Å². The summed E-state index contributed by atoms with van der Waals surface area (Å²) < 4.78 is 0. The number of nitrogens with one attached hydrogen (secondary N) is 1. The Hall–Kier alpha value is -3.30. The van der Waals surface area contributed by atoms with Crippen molar-refractivity contribution in [1.29, 1.82) is 15.8 Å². The Balaban J connectivity index is 2.38. The van der Waals surface area contributed by atoms with Crippen LogP contribution in [0.4, 0.5) is 11.4 Å². The predicted octanol–water partition coefficient (Wildman–Crippen LogP) is 2.36. The van der Waals surface area contributed by atoms with Crippen LogP contribution in [0, 0.1) is 40.9 Å². The Labute approximate surface area is 128 Å². The van der Waals surface area contributed by atoms with Gasteiger partial charge >= 0.3 is 0 Å². The minimum absolute atomic E-state index is 0.0700. The first kappa shape index (κ1) is 15.1. The van der Waals surface area contributed by atoms with E-state index < -0.39 is 0 Å². The zero-order valence-corrected chi connectivity index (χ0v) is 12.1. The third-order valence-electron chi connectivity index (χ3n) is 3.45. The van der Waals surface area contributed by atoms with Gasteiger partial charge in [0, 0.05) is 24.3 Å². The second kappa shape index (κ2) is 6.43. The highest BCUT2D eigenvalue weighted by molar-refractivity contribution is 5.96. The number of carbonyl (C=O) groups excluding carboxylic acids is 1. The molecule has 0 bridgehead atoms. The molecule has 2 rings (SSSR count). The molecule has 0 saturated carbocycles. The topological polar surface area (TPSA) is 104 Å². The predicted molar refractivity (Wildman–Crippen MR) is 80.3 cm³/mol. The monoisotopic (exact) mass is 291 g/mol. The molecule has 108 valence electrons. The first-order valence-electron chi connectivity index (χ1n) is 6.73. The number of benzene rings is 1. The number of hydrogen-bond donors (Lipinski definition) is 1. The Morgan fingerprint density at radius 3 is 2.50 bits per heavy atom. The summed E-state index contributed by atoms with van der Waals surface area (Å²) in [6.45, 7) is 2.51. The number of nitrogens with zero attached hydrogens (tertiary/aromatic N) is 4. The lowest BCUT2D eigenvalue weighted by Gasteiger charge is -2.18. The molecule has 22 heavy (non-hydrogen) atoms. The Morgan fingerprint density at radius 1 is 1.23 bits per heavy atom. The van der Waals surface area contributed by atoms with E-state index in [1.807, 2.05) is 25.1 Å². The van der Waals surface area contributed by atoms with Crippen molar-refractivity contribution < 1.29 is 4.79 Å². The second-order valence-electron chi connectivity index (χ2n) is 4.86. The maximum atomic E-state index is 11.8. The van der Waals surface area contributed by atoms with Crippen LogP contribution in [0.25, 0.3) is 0 Å². The van der Waals surface area contributed by atoms with Crippen molar-refractivity contribution in [3.05, 3.63) is 35.0 Å². The summed E-state index contributed by atoms with van der Waals surface area (Å²) in [5.41, 5.74) is 1.81. The van der Waals surface area contributed by atoms with Gasteiger partial charge in [-0.05, 0) is 31.0 Å². The smallest absolute Gasteiger partial charge is 0.227 e. The number of anilines is 2. The molecule has 6 heteroatoms. The molecule has 1 N–H and O–H groups in total. The summed E-state index contributed by atoms with van der Waals surface area (Å²) in [4.78, 5) is 13.5. The number of carbonyl (C=O) groups is 1. The molecular weight excluding hydrogens is 278 g/mol. The zero-order chi connectivity index (χ0) is 16.1.